The van der Waals surface area contributed by atoms with Crippen LogP contribution in [0.25, 0.3) is 0 Å². The zero-order chi connectivity index (χ0) is 26.3. The Balaban J connectivity index is 1.67. The number of carbonyl (C=O) groups excluding carboxylic acids is 3. The van der Waals surface area contributed by atoms with Crippen LogP contribution >= 0.6 is 0 Å². The highest BCUT2D eigenvalue weighted by Gasteiger charge is 2.14. The molecular weight excluding hydrogens is 468 g/mol. The Kier molecular flexibility index (Phi) is 11.1. The summed E-state index contributed by atoms with van der Waals surface area (Å²) in [5.41, 5.74) is 3.71. The first kappa shape index (κ1) is 27.3. The van der Waals surface area contributed by atoms with Gasteiger partial charge in [-0.3, -0.25) is 4.79 Å². The molecule has 0 radical (unpaired) electrons. The number of nitrogens with one attached hydrogen (secondary N) is 1. The number of benzene rings is 3. The molecule has 0 atom stereocenters. The molecule has 1 N–H and O–H groups in total. The molecule has 3 rings (SSSR count). The maximum atomic E-state index is 12.7. The zero-order valence-corrected chi connectivity index (χ0v) is 21.0. The summed E-state index contributed by atoms with van der Waals surface area (Å²) in [5.74, 6) is -0.948. The van der Waals surface area contributed by atoms with E-state index in [1.54, 1.807) is 72.8 Å². The van der Waals surface area contributed by atoms with E-state index in [4.69, 9.17) is 9.47 Å². The van der Waals surface area contributed by atoms with Gasteiger partial charge in [0.1, 0.15) is 11.5 Å². The molecule has 0 aliphatic rings. The van der Waals surface area contributed by atoms with Crippen LogP contribution in [0.4, 0.5) is 0 Å². The minimum absolute atomic E-state index is 0.140. The third-order valence-corrected chi connectivity index (χ3v) is 5.57. The molecule has 0 saturated carbocycles. The van der Waals surface area contributed by atoms with Crippen LogP contribution in [0.15, 0.2) is 84.0 Å². The van der Waals surface area contributed by atoms with Crippen molar-refractivity contribution in [3.8, 4) is 11.5 Å². The van der Waals surface area contributed by atoms with E-state index >= 15 is 0 Å². The average Bonchev–Trinajstić information content (AvgIpc) is 2.92. The lowest BCUT2D eigenvalue weighted by atomic mass is 10.1. The first-order chi connectivity index (χ1) is 18.1. The lowest BCUT2D eigenvalue weighted by Gasteiger charge is -2.10. The van der Waals surface area contributed by atoms with E-state index in [9.17, 15) is 14.4 Å². The number of ether oxygens (including phenoxy) is 2. The summed E-state index contributed by atoms with van der Waals surface area (Å²) < 4.78 is 11.1. The van der Waals surface area contributed by atoms with Gasteiger partial charge in [-0.25, -0.2) is 15.0 Å². The van der Waals surface area contributed by atoms with Gasteiger partial charge in [-0.15, -0.1) is 0 Å². The zero-order valence-electron chi connectivity index (χ0n) is 21.0. The maximum Gasteiger partial charge on any atom is 0.343 e. The van der Waals surface area contributed by atoms with Crippen molar-refractivity contribution in [2.24, 2.45) is 5.10 Å². The summed E-state index contributed by atoms with van der Waals surface area (Å²) in [4.78, 5) is 37.2. The van der Waals surface area contributed by atoms with E-state index in [0.717, 1.165) is 19.3 Å². The normalized spacial score (nSPS) is 10.7. The Bertz CT molecular complexity index is 1190. The van der Waals surface area contributed by atoms with Crippen LogP contribution < -0.4 is 14.9 Å². The second-order valence-electron chi connectivity index (χ2n) is 8.52. The van der Waals surface area contributed by atoms with Crippen LogP contribution in [0, 0.1) is 0 Å². The van der Waals surface area contributed by atoms with Gasteiger partial charge in [-0.05, 0) is 42.8 Å². The van der Waals surface area contributed by atoms with Gasteiger partial charge >= 0.3 is 11.9 Å². The fraction of sp³-hybridized carbons (Fsp3) is 0.267. The molecule has 0 fully saturated rings. The standard InChI is InChI=1S/C30H32N2O5/c1-2-3-4-5-6-13-18-28(33)32-31-22-25-19-20-26(36-29(34)23-14-9-7-10-15-23)21-27(25)37-30(35)24-16-11-8-12-17-24/h7-12,14-17,19-22H,2-6,13,18H2,1H3,(H,32,33). The van der Waals surface area contributed by atoms with Gasteiger partial charge in [0, 0.05) is 18.1 Å². The van der Waals surface area contributed by atoms with Crippen LogP contribution in [-0.2, 0) is 4.79 Å². The fourth-order valence-electron chi connectivity index (χ4n) is 3.54. The lowest BCUT2D eigenvalue weighted by molar-refractivity contribution is -0.121. The molecule has 7 heteroatoms. The molecule has 0 heterocycles. The SMILES string of the molecule is CCCCCCCCC(=O)NN=Cc1ccc(OC(=O)c2ccccc2)cc1OC(=O)c1ccccc1. The van der Waals surface area contributed by atoms with E-state index in [-0.39, 0.29) is 17.4 Å². The Morgan fingerprint density at radius 1 is 0.757 bits per heavy atom. The molecule has 0 aliphatic heterocycles. The molecule has 0 spiro atoms. The first-order valence-electron chi connectivity index (χ1n) is 12.6. The van der Waals surface area contributed by atoms with Crippen molar-refractivity contribution in [1.82, 2.24) is 5.43 Å². The van der Waals surface area contributed by atoms with Gasteiger partial charge in [-0.1, -0.05) is 75.4 Å². The molecule has 0 saturated heterocycles. The monoisotopic (exact) mass is 500 g/mol. The number of hydrogen-bond donors (Lipinski definition) is 1. The van der Waals surface area contributed by atoms with Gasteiger partial charge in [0.05, 0.1) is 17.3 Å². The fourth-order valence-corrected chi connectivity index (χ4v) is 3.54. The molecule has 0 aliphatic carbocycles. The predicted octanol–water partition coefficient (Wildman–Crippen LogP) is 6.33. The summed E-state index contributed by atoms with van der Waals surface area (Å²) in [6, 6.07) is 21.7. The summed E-state index contributed by atoms with van der Waals surface area (Å²) in [5, 5.41) is 4.03. The van der Waals surface area contributed by atoms with E-state index in [1.165, 1.54) is 31.5 Å². The highest BCUT2D eigenvalue weighted by molar-refractivity contribution is 5.94. The quantitative estimate of drug-likeness (QED) is 0.0974. The summed E-state index contributed by atoms with van der Waals surface area (Å²) in [7, 11) is 0. The molecule has 0 aromatic heterocycles. The van der Waals surface area contributed by atoms with E-state index in [1.807, 2.05) is 0 Å². The summed E-state index contributed by atoms with van der Waals surface area (Å²) >= 11 is 0. The number of hydrazone groups is 1. The number of rotatable bonds is 13. The molecule has 7 nitrogen and oxygen atoms in total. The topological polar surface area (TPSA) is 94.1 Å². The third kappa shape index (κ3) is 9.37. The molecule has 3 aromatic rings. The Morgan fingerprint density at radius 2 is 1.35 bits per heavy atom. The lowest BCUT2D eigenvalue weighted by Crippen LogP contribution is -2.17. The average molecular weight is 501 g/mol. The van der Waals surface area contributed by atoms with Crippen LogP contribution in [-0.4, -0.2) is 24.1 Å². The largest absolute Gasteiger partial charge is 0.423 e. The second-order valence-corrected chi connectivity index (χ2v) is 8.52. The van der Waals surface area contributed by atoms with Gasteiger partial charge in [0.2, 0.25) is 5.91 Å². The van der Waals surface area contributed by atoms with Crippen LogP contribution in [0.2, 0.25) is 0 Å². The van der Waals surface area contributed by atoms with Crippen molar-refractivity contribution in [1.29, 1.82) is 0 Å². The minimum Gasteiger partial charge on any atom is -0.423 e. The molecule has 1 amide bonds. The molecule has 3 aromatic carbocycles. The molecule has 0 bridgehead atoms. The van der Waals surface area contributed by atoms with Gasteiger partial charge in [-0.2, -0.15) is 5.10 Å². The highest BCUT2D eigenvalue weighted by atomic mass is 16.5. The molecular formula is C30H32N2O5. The van der Waals surface area contributed by atoms with Crippen molar-refractivity contribution in [2.75, 3.05) is 0 Å². The van der Waals surface area contributed by atoms with Gasteiger partial charge in [0.15, 0.2) is 0 Å². The number of esters is 2. The van der Waals surface area contributed by atoms with Crippen molar-refractivity contribution < 1.29 is 23.9 Å². The Hall–Kier alpha value is -4.26. The predicted molar refractivity (Wildman–Crippen MR) is 143 cm³/mol. The van der Waals surface area contributed by atoms with Crippen LogP contribution in [0.3, 0.4) is 0 Å². The van der Waals surface area contributed by atoms with Gasteiger partial charge < -0.3 is 9.47 Å². The summed E-state index contributed by atoms with van der Waals surface area (Å²) in [6.45, 7) is 2.17. The van der Waals surface area contributed by atoms with E-state index in [0.29, 0.717) is 23.1 Å². The van der Waals surface area contributed by atoms with Gasteiger partial charge in [0.25, 0.3) is 0 Å². The number of nitrogens with zero attached hydrogens (tertiary/aromatic N) is 1. The van der Waals surface area contributed by atoms with E-state index in [2.05, 4.69) is 17.5 Å². The van der Waals surface area contributed by atoms with E-state index < -0.39 is 11.9 Å². The number of hydrogen-bond acceptors (Lipinski definition) is 6. The van der Waals surface area contributed by atoms with Crippen molar-refractivity contribution in [2.45, 2.75) is 51.9 Å². The van der Waals surface area contributed by atoms with Crippen molar-refractivity contribution in [3.63, 3.8) is 0 Å². The first-order valence-corrected chi connectivity index (χ1v) is 12.6. The summed E-state index contributed by atoms with van der Waals surface area (Å²) in [6.07, 6.45) is 8.35. The Morgan fingerprint density at radius 3 is 2.00 bits per heavy atom. The molecule has 0 unspecified atom stereocenters. The minimum atomic E-state index is -0.575. The smallest absolute Gasteiger partial charge is 0.343 e. The number of carbonyl (C=O) groups is 3. The van der Waals surface area contributed by atoms with Crippen molar-refractivity contribution in [3.05, 3.63) is 95.6 Å². The van der Waals surface area contributed by atoms with Crippen LogP contribution in [0.5, 0.6) is 11.5 Å². The second kappa shape index (κ2) is 15.0. The molecule has 37 heavy (non-hydrogen) atoms. The maximum absolute atomic E-state index is 12.7. The third-order valence-electron chi connectivity index (χ3n) is 5.57. The molecule has 192 valence electrons. The Labute approximate surface area is 217 Å². The number of amides is 1. The van der Waals surface area contributed by atoms with Crippen molar-refractivity contribution >= 4 is 24.1 Å². The highest BCUT2D eigenvalue weighted by Crippen LogP contribution is 2.26. The van der Waals surface area contributed by atoms with Crippen LogP contribution in [0.1, 0.15) is 78.1 Å². The number of unbranched alkanes of at least 4 members (excludes halogenated alkanes) is 5.